The summed E-state index contributed by atoms with van der Waals surface area (Å²) in [5.41, 5.74) is 1.45. The summed E-state index contributed by atoms with van der Waals surface area (Å²) >= 11 is 0. The van der Waals surface area contributed by atoms with Crippen LogP contribution in [0.1, 0.15) is 62.1 Å². The maximum absolute atomic E-state index is 13.8. The molecule has 1 aromatic carbocycles. The van der Waals surface area contributed by atoms with E-state index in [1.807, 2.05) is 50.2 Å². The topological polar surface area (TPSA) is 161 Å². The van der Waals surface area contributed by atoms with Gasteiger partial charge in [-0.05, 0) is 68.4 Å². The van der Waals surface area contributed by atoms with E-state index in [0.29, 0.717) is 37.3 Å². The number of hydrogen-bond donors (Lipinski definition) is 5. The highest BCUT2D eigenvalue weighted by Gasteiger charge is 2.48. The summed E-state index contributed by atoms with van der Waals surface area (Å²) in [5.74, 6) is -0.494. The first kappa shape index (κ1) is 30.0. The molecule has 0 radical (unpaired) electrons. The summed E-state index contributed by atoms with van der Waals surface area (Å²) in [5, 5.41) is 23.3. The highest BCUT2D eigenvalue weighted by atomic mass is 16.5. The number of carbonyl (C=O) groups excluding carboxylic acids is 3. The number of benzene rings is 1. The molecular weight excluding hydrogens is 546 g/mol. The lowest BCUT2D eigenvalue weighted by molar-refractivity contribution is -0.126. The fraction of sp³-hybridized carbons (Fsp3) is 0.469. The van der Waals surface area contributed by atoms with Crippen LogP contribution in [0.2, 0.25) is 0 Å². The quantitative estimate of drug-likeness (QED) is 0.206. The second-order valence-electron chi connectivity index (χ2n) is 11.9. The average Bonchev–Trinajstić information content (AvgIpc) is 3.47. The number of aromatic amines is 1. The number of carbonyl (C=O) groups is 3. The van der Waals surface area contributed by atoms with Crippen LogP contribution in [0.4, 0.5) is 0 Å². The smallest absolute Gasteiger partial charge is 0.268 e. The third-order valence-corrected chi connectivity index (χ3v) is 8.32. The third-order valence-electron chi connectivity index (χ3n) is 8.32. The van der Waals surface area contributed by atoms with Crippen molar-refractivity contribution in [1.29, 1.82) is 5.26 Å². The molecule has 226 valence electrons. The largest absolute Gasteiger partial charge is 0.496 e. The molecule has 43 heavy (non-hydrogen) atoms. The van der Waals surface area contributed by atoms with Crippen molar-refractivity contribution < 1.29 is 19.1 Å². The zero-order valence-electron chi connectivity index (χ0n) is 24.8. The second-order valence-corrected chi connectivity index (χ2v) is 11.9. The lowest BCUT2D eigenvalue weighted by Gasteiger charge is -2.31. The van der Waals surface area contributed by atoms with Crippen LogP contribution in [-0.4, -0.2) is 59.5 Å². The van der Waals surface area contributed by atoms with Gasteiger partial charge in [0.25, 0.3) is 5.91 Å². The Morgan fingerprint density at radius 2 is 2.00 bits per heavy atom. The number of nitriles is 1. The molecule has 3 heterocycles. The number of nitrogens with zero attached hydrogens (tertiary/aromatic N) is 2. The Morgan fingerprint density at radius 3 is 2.63 bits per heavy atom. The van der Waals surface area contributed by atoms with Crippen molar-refractivity contribution in [3.8, 4) is 11.8 Å². The first-order valence-electron chi connectivity index (χ1n) is 14.9. The standard InChI is InChI=1S/C32H39N7O4/c1-19(2)15-24(38-31(42)25-17-21-22(36-25)7-6-8-27(21)43-3)30(41)37-23(16-20-10-14-35-29(20)40)26(18-33)39-32(11-12-32)28-9-4-5-13-34-28/h4-9,13,17,19-20,23-24,26,36,39H,10-12,14-16H2,1-3H3,(H,35,40)(H,37,41)(H,38,42)/t20-,23-,24-,26?/m0/s1. The molecule has 1 saturated heterocycles. The zero-order valence-corrected chi connectivity index (χ0v) is 24.8. The van der Waals surface area contributed by atoms with Crippen LogP contribution in [0.3, 0.4) is 0 Å². The minimum atomic E-state index is -0.856. The van der Waals surface area contributed by atoms with Gasteiger partial charge in [0.1, 0.15) is 23.5 Å². The Balaban J connectivity index is 1.36. The van der Waals surface area contributed by atoms with Gasteiger partial charge >= 0.3 is 0 Å². The molecule has 0 spiro atoms. The van der Waals surface area contributed by atoms with Crippen molar-refractivity contribution in [2.24, 2.45) is 11.8 Å². The van der Waals surface area contributed by atoms with Crippen LogP contribution in [0.5, 0.6) is 5.75 Å². The SMILES string of the molecule is COc1cccc2[nH]c(C(=O)N[C@@H](CC(C)C)C(=O)N[C@@H](C[C@@H]3CCNC3=O)C(C#N)NC3(c4ccccn4)CC3)cc12. The van der Waals surface area contributed by atoms with Gasteiger partial charge in [0, 0.05) is 29.6 Å². The Labute approximate surface area is 251 Å². The molecule has 11 nitrogen and oxygen atoms in total. The molecule has 11 heteroatoms. The van der Waals surface area contributed by atoms with Crippen LogP contribution >= 0.6 is 0 Å². The molecule has 3 amide bonds. The number of fused-ring (bicyclic) bond motifs is 1. The summed E-state index contributed by atoms with van der Waals surface area (Å²) in [6.07, 6.45) is 4.67. The molecule has 5 N–H and O–H groups in total. The number of ether oxygens (including phenoxy) is 1. The Morgan fingerprint density at radius 1 is 1.19 bits per heavy atom. The normalized spacial score (nSPS) is 19.2. The summed E-state index contributed by atoms with van der Waals surface area (Å²) in [6.45, 7) is 4.52. The summed E-state index contributed by atoms with van der Waals surface area (Å²) < 4.78 is 5.42. The van der Waals surface area contributed by atoms with Gasteiger partial charge in [0.05, 0.1) is 30.5 Å². The van der Waals surface area contributed by atoms with Gasteiger partial charge in [-0.2, -0.15) is 5.26 Å². The number of hydrogen-bond acceptors (Lipinski definition) is 7. The molecule has 2 fully saturated rings. The monoisotopic (exact) mass is 585 g/mol. The minimum absolute atomic E-state index is 0.0805. The predicted octanol–water partition coefficient (Wildman–Crippen LogP) is 2.90. The zero-order chi connectivity index (χ0) is 30.6. The van der Waals surface area contributed by atoms with Gasteiger partial charge in [-0.3, -0.25) is 24.7 Å². The summed E-state index contributed by atoms with van der Waals surface area (Å²) in [6, 6.07) is 12.9. The van der Waals surface area contributed by atoms with Crippen molar-refractivity contribution in [3.05, 3.63) is 60.0 Å². The molecule has 1 aliphatic carbocycles. The molecular formula is C32H39N7O4. The van der Waals surface area contributed by atoms with Crippen molar-refractivity contribution in [3.63, 3.8) is 0 Å². The van der Waals surface area contributed by atoms with Crippen LogP contribution in [-0.2, 0) is 15.1 Å². The molecule has 0 bridgehead atoms. The van der Waals surface area contributed by atoms with E-state index in [0.717, 1.165) is 29.4 Å². The van der Waals surface area contributed by atoms with Gasteiger partial charge in [-0.1, -0.05) is 26.0 Å². The average molecular weight is 586 g/mol. The van der Waals surface area contributed by atoms with Gasteiger partial charge in [-0.15, -0.1) is 0 Å². The van der Waals surface area contributed by atoms with Crippen LogP contribution in [0.25, 0.3) is 10.9 Å². The van der Waals surface area contributed by atoms with E-state index in [9.17, 15) is 19.6 Å². The Hall–Kier alpha value is -4.43. The first-order valence-corrected chi connectivity index (χ1v) is 14.9. The fourth-order valence-electron chi connectivity index (χ4n) is 5.87. The van der Waals surface area contributed by atoms with Crippen LogP contribution < -0.4 is 26.0 Å². The van der Waals surface area contributed by atoms with E-state index in [1.54, 1.807) is 19.4 Å². The maximum Gasteiger partial charge on any atom is 0.268 e. The lowest BCUT2D eigenvalue weighted by Crippen LogP contribution is -2.57. The number of H-pyrrole nitrogens is 1. The number of rotatable bonds is 13. The van der Waals surface area contributed by atoms with E-state index >= 15 is 0 Å². The predicted molar refractivity (Wildman–Crippen MR) is 161 cm³/mol. The minimum Gasteiger partial charge on any atom is -0.496 e. The Bertz CT molecular complexity index is 1510. The van der Waals surface area contributed by atoms with E-state index in [4.69, 9.17) is 4.74 Å². The Kier molecular flexibility index (Phi) is 8.97. The summed E-state index contributed by atoms with van der Waals surface area (Å²) in [4.78, 5) is 47.4. The van der Waals surface area contributed by atoms with Gasteiger partial charge < -0.3 is 25.7 Å². The fourth-order valence-corrected chi connectivity index (χ4v) is 5.87. The van der Waals surface area contributed by atoms with E-state index in [2.05, 4.69) is 37.3 Å². The number of aromatic nitrogens is 2. The van der Waals surface area contributed by atoms with Crippen LogP contribution in [0.15, 0.2) is 48.7 Å². The number of methoxy groups -OCH3 is 1. The molecule has 1 aliphatic heterocycles. The summed E-state index contributed by atoms with van der Waals surface area (Å²) in [7, 11) is 1.57. The number of pyridine rings is 1. The highest BCUT2D eigenvalue weighted by Crippen LogP contribution is 2.45. The van der Waals surface area contributed by atoms with Crippen molar-refractivity contribution in [1.82, 2.24) is 31.2 Å². The number of amides is 3. The molecule has 2 aliphatic rings. The number of nitrogens with one attached hydrogen (secondary N) is 5. The van der Waals surface area contributed by atoms with E-state index in [1.165, 1.54) is 0 Å². The van der Waals surface area contributed by atoms with Gasteiger partial charge in [0.2, 0.25) is 11.8 Å². The second kappa shape index (κ2) is 12.8. The molecule has 1 saturated carbocycles. The maximum atomic E-state index is 13.8. The van der Waals surface area contributed by atoms with Crippen molar-refractivity contribution in [2.75, 3.05) is 13.7 Å². The third kappa shape index (κ3) is 6.81. The van der Waals surface area contributed by atoms with Gasteiger partial charge in [-0.25, -0.2) is 0 Å². The first-order chi connectivity index (χ1) is 20.7. The van der Waals surface area contributed by atoms with E-state index in [-0.39, 0.29) is 17.7 Å². The van der Waals surface area contributed by atoms with Gasteiger partial charge in [0.15, 0.2) is 0 Å². The van der Waals surface area contributed by atoms with Crippen molar-refractivity contribution in [2.45, 2.75) is 69.6 Å². The highest BCUT2D eigenvalue weighted by molar-refractivity contribution is 6.01. The van der Waals surface area contributed by atoms with E-state index < -0.39 is 35.5 Å². The lowest BCUT2D eigenvalue weighted by atomic mass is 9.92. The molecule has 5 rings (SSSR count). The molecule has 3 aromatic rings. The van der Waals surface area contributed by atoms with Crippen molar-refractivity contribution >= 4 is 28.6 Å². The molecule has 2 aromatic heterocycles. The van der Waals surface area contributed by atoms with Crippen LogP contribution in [0, 0.1) is 23.2 Å². The molecule has 1 unspecified atom stereocenters. The molecule has 4 atom stereocenters.